The molecule has 1 aromatic heterocycles. The van der Waals surface area contributed by atoms with Gasteiger partial charge in [0.05, 0.1) is 17.3 Å². The van der Waals surface area contributed by atoms with E-state index in [1.54, 1.807) is 0 Å². The van der Waals surface area contributed by atoms with Gasteiger partial charge in [-0.2, -0.15) is 0 Å². The third-order valence-electron chi connectivity index (χ3n) is 4.20. The van der Waals surface area contributed by atoms with Crippen LogP contribution in [0, 0.1) is 13.8 Å². The summed E-state index contributed by atoms with van der Waals surface area (Å²) in [7, 11) is 0. The fourth-order valence-electron chi connectivity index (χ4n) is 3.07. The first kappa shape index (κ1) is 16.5. The molecular weight excluding hydrogens is 328 g/mol. The number of halogens is 1. The molecule has 1 fully saturated rings. The molecule has 1 unspecified atom stereocenters. The van der Waals surface area contributed by atoms with Crippen LogP contribution in [0.15, 0.2) is 30.3 Å². The minimum absolute atomic E-state index is 0.00377. The number of carbonyl (C=O) groups is 1. The maximum atomic E-state index is 12.4. The van der Waals surface area contributed by atoms with Crippen molar-refractivity contribution in [2.45, 2.75) is 32.7 Å². The zero-order valence-corrected chi connectivity index (χ0v) is 15.0. The monoisotopic (exact) mass is 348 g/mol. The molecule has 5 heteroatoms. The molecule has 122 valence electrons. The van der Waals surface area contributed by atoms with Gasteiger partial charge in [0, 0.05) is 15.8 Å². The van der Waals surface area contributed by atoms with Crippen LogP contribution in [0.5, 0.6) is 0 Å². The van der Waals surface area contributed by atoms with Gasteiger partial charge in [0.15, 0.2) is 0 Å². The maximum Gasteiger partial charge on any atom is 0.238 e. The fourth-order valence-corrected chi connectivity index (χ4v) is 4.40. The molecule has 0 bridgehead atoms. The quantitative estimate of drug-likeness (QED) is 0.861. The van der Waals surface area contributed by atoms with Crippen LogP contribution in [0.1, 0.15) is 34.2 Å². The lowest BCUT2D eigenvalue weighted by Crippen LogP contribution is -2.32. The lowest BCUT2D eigenvalue weighted by molar-refractivity contribution is -0.117. The van der Waals surface area contributed by atoms with Crippen molar-refractivity contribution in [1.82, 2.24) is 4.90 Å². The summed E-state index contributed by atoms with van der Waals surface area (Å²) in [5.74, 6) is -0.00377. The van der Waals surface area contributed by atoms with Crippen molar-refractivity contribution in [3.63, 3.8) is 0 Å². The van der Waals surface area contributed by atoms with E-state index in [0.717, 1.165) is 24.9 Å². The molecule has 3 rings (SSSR count). The third kappa shape index (κ3) is 3.94. The van der Waals surface area contributed by atoms with Gasteiger partial charge in [-0.25, -0.2) is 0 Å². The molecule has 3 nitrogen and oxygen atoms in total. The second-order valence-electron chi connectivity index (χ2n) is 6.11. The predicted molar refractivity (Wildman–Crippen MR) is 97.4 cm³/mol. The van der Waals surface area contributed by atoms with Crippen molar-refractivity contribution in [2.75, 3.05) is 18.4 Å². The molecule has 2 heterocycles. The number of aryl methyl sites for hydroxylation is 2. The lowest BCUT2D eigenvalue weighted by Gasteiger charge is -2.23. The maximum absolute atomic E-state index is 12.4. The fraction of sp³-hybridized carbons (Fsp3) is 0.389. The van der Waals surface area contributed by atoms with Crippen molar-refractivity contribution in [2.24, 2.45) is 0 Å². The molecule has 1 N–H and O–H groups in total. The van der Waals surface area contributed by atoms with E-state index in [0.29, 0.717) is 23.3 Å². The Morgan fingerprint density at radius 3 is 2.87 bits per heavy atom. The number of nitrogens with zero attached hydrogens (tertiary/aromatic N) is 1. The molecule has 1 aliphatic heterocycles. The number of anilines is 1. The number of nitrogens with one attached hydrogen (secondary N) is 1. The van der Waals surface area contributed by atoms with Crippen LogP contribution in [-0.2, 0) is 4.79 Å². The standard InChI is InChI=1S/C18H21ClN2OS/c1-12-5-7-15(14(19)10-12)20-18(22)11-21-9-3-4-16(21)17-8-6-13(2)23-17/h5-8,10,16H,3-4,9,11H2,1-2H3,(H,20,22). The van der Waals surface area contributed by atoms with E-state index in [1.165, 1.54) is 9.75 Å². The number of amides is 1. The van der Waals surface area contributed by atoms with E-state index in [-0.39, 0.29) is 5.91 Å². The molecule has 1 aliphatic rings. The Balaban J connectivity index is 1.65. The highest BCUT2D eigenvalue weighted by molar-refractivity contribution is 7.12. The Bertz CT molecular complexity index is 713. The van der Waals surface area contributed by atoms with E-state index in [2.05, 4.69) is 29.3 Å². The van der Waals surface area contributed by atoms with Crippen LogP contribution in [0.4, 0.5) is 5.69 Å². The van der Waals surface area contributed by atoms with Crippen LogP contribution >= 0.6 is 22.9 Å². The van der Waals surface area contributed by atoms with Crippen LogP contribution in [0.3, 0.4) is 0 Å². The number of hydrogen-bond acceptors (Lipinski definition) is 3. The molecule has 2 aromatic rings. The van der Waals surface area contributed by atoms with E-state index in [1.807, 2.05) is 36.5 Å². The molecule has 1 aromatic carbocycles. The smallest absolute Gasteiger partial charge is 0.238 e. The number of benzene rings is 1. The molecule has 0 spiro atoms. The van der Waals surface area contributed by atoms with E-state index < -0.39 is 0 Å². The molecule has 1 saturated heterocycles. The zero-order valence-electron chi connectivity index (χ0n) is 13.4. The van der Waals surface area contributed by atoms with Gasteiger partial charge in [0.1, 0.15) is 0 Å². The van der Waals surface area contributed by atoms with Gasteiger partial charge < -0.3 is 5.32 Å². The summed E-state index contributed by atoms with van der Waals surface area (Å²) in [6, 6.07) is 10.4. The zero-order chi connectivity index (χ0) is 16.4. The van der Waals surface area contributed by atoms with Crippen molar-refractivity contribution in [1.29, 1.82) is 0 Å². The van der Waals surface area contributed by atoms with Crippen LogP contribution < -0.4 is 5.32 Å². The number of likely N-dealkylation sites (tertiary alicyclic amines) is 1. The minimum Gasteiger partial charge on any atom is -0.324 e. The largest absolute Gasteiger partial charge is 0.324 e. The van der Waals surface area contributed by atoms with Gasteiger partial charge in [-0.15, -0.1) is 11.3 Å². The summed E-state index contributed by atoms with van der Waals surface area (Å²) >= 11 is 8.02. The average Bonchev–Trinajstić information content (AvgIpc) is 3.10. The number of thiophene rings is 1. The second kappa shape index (κ2) is 7.04. The molecule has 1 amide bonds. The number of rotatable bonds is 4. The Hall–Kier alpha value is -1.36. The van der Waals surface area contributed by atoms with Crippen LogP contribution in [0.25, 0.3) is 0 Å². The normalized spacial score (nSPS) is 18.3. The lowest BCUT2D eigenvalue weighted by atomic mass is 10.2. The summed E-state index contributed by atoms with van der Waals surface area (Å²) < 4.78 is 0. The van der Waals surface area contributed by atoms with Gasteiger partial charge in [0.2, 0.25) is 5.91 Å². The van der Waals surface area contributed by atoms with Crippen LogP contribution in [0.2, 0.25) is 5.02 Å². The summed E-state index contributed by atoms with van der Waals surface area (Å²) in [6.45, 7) is 5.48. The molecule has 0 aliphatic carbocycles. The van der Waals surface area contributed by atoms with Crippen molar-refractivity contribution in [3.8, 4) is 0 Å². The molecule has 1 atom stereocenters. The molecule has 0 radical (unpaired) electrons. The summed E-state index contributed by atoms with van der Waals surface area (Å²) in [6.07, 6.45) is 2.26. The first-order valence-corrected chi connectivity index (χ1v) is 9.09. The van der Waals surface area contributed by atoms with Crippen molar-refractivity contribution in [3.05, 3.63) is 50.7 Å². The topological polar surface area (TPSA) is 32.3 Å². The highest BCUT2D eigenvalue weighted by Crippen LogP contribution is 2.35. The SMILES string of the molecule is Cc1ccc(NC(=O)CN2CCCC2c2ccc(C)s2)c(Cl)c1. The Labute approximate surface area is 146 Å². The van der Waals surface area contributed by atoms with E-state index >= 15 is 0 Å². The average molecular weight is 349 g/mol. The first-order valence-electron chi connectivity index (χ1n) is 7.89. The Kier molecular flexibility index (Phi) is 5.05. The van der Waals surface area contributed by atoms with Gasteiger partial charge in [-0.05, 0) is 63.1 Å². The van der Waals surface area contributed by atoms with E-state index in [9.17, 15) is 4.79 Å². The summed E-state index contributed by atoms with van der Waals surface area (Å²) in [5, 5.41) is 3.52. The summed E-state index contributed by atoms with van der Waals surface area (Å²) in [5.41, 5.74) is 1.77. The number of hydrogen-bond donors (Lipinski definition) is 1. The third-order valence-corrected chi connectivity index (χ3v) is 5.61. The van der Waals surface area contributed by atoms with E-state index in [4.69, 9.17) is 11.6 Å². The van der Waals surface area contributed by atoms with Crippen molar-refractivity contribution < 1.29 is 4.79 Å². The Morgan fingerprint density at radius 2 is 2.17 bits per heavy atom. The van der Waals surface area contributed by atoms with Gasteiger partial charge in [-0.3, -0.25) is 9.69 Å². The molecule has 0 saturated carbocycles. The first-order chi connectivity index (χ1) is 11.0. The minimum atomic E-state index is -0.00377. The summed E-state index contributed by atoms with van der Waals surface area (Å²) in [4.78, 5) is 17.3. The second-order valence-corrected chi connectivity index (χ2v) is 7.84. The number of carbonyl (C=O) groups excluding carboxylic acids is 1. The molecule has 23 heavy (non-hydrogen) atoms. The highest BCUT2D eigenvalue weighted by Gasteiger charge is 2.28. The van der Waals surface area contributed by atoms with Gasteiger partial charge >= 0.3 is 0 Å². The van der Waals surface area contributed by atoms with Crippen molar-refractivity contribution >= 4 is 34.5 Å². The van der Waals surface area contributed by atoms with Gasteiger partial charge in [0.25, 0.3) is 0 Å². The predicted octanol–water partition coefficient (Wildman–Crippen LogP) is 4.79. The van der Waals surface area contributed by atoms with Crippen LogP contribution in [-0.4, -0.2) is 23.9 Å². The Morgan fingerprint density at radius 1 is 1.35 bits per heavy atom. The molecular formula is C18H21ClN2OS. The van der Waals surface area contributed by atoms with Gasteiger partial charge in [-0.1, -0.05) is 17.7 Å². The highest BCUT2D eigenvalue weighted by atomic mass is 35.5.